The maximum Gasteiger partial charge on any atom is 0.251 e. The molecule has 1 fully saturated rings. The molecule has 1 aliphatic heterocycles. The minimum atomic E-state index is -0.0686. The van der Waals surface area contributed by atoms with Crippen LogP contribution in [-0.4, -0.2) is 37.0 Å². The van der Waals surface area contributed by atoms with Gasteiger partial charge in [-0.05, 0) is 68.8 Å². The van der Waals surface area contributed by atoms with E-state index in [1.807, 2.05) is 36.4 Å². The Kier molecular flexibility index (Phi) is 8.69. The first-order valence-electron chi connectivity index (χ1n) is 9.56. The number of nitrogens with zero attached hydrogens (tertiary/aromatic N) is 1. The molecule has 6 heteroatoms. The zero-order valence-electron chi connectivity index (χ0n) is 15.9. The average molecular weight is 393 g/mol. The summed E-state index contributed by atoms with van der Waals surface area (Å²) < 4.78 is 11.2. The van der Waals surface area contributed by atoms with Gasteiger partial charge in [-0.3, -0.25) is 9.69 Å². The monoisotopic (exact) mass is 392 g/mol. The Morgan fingerprint density at radius 1 is 1.22 bits per heavy atom. The van der Waals surface area contributed by atoms with Gasteiger partial charge in [0.1, 0.15) is 11.5 Å². The molecule has 148 valence electrons. The molecule has 1 amide bonds. The number of ether oxygens (including phenoxy) is 1. The van der Waals surface area contributed by atoms with E-state index < -0.39 is 0 Å². The number of likely N-dealkylation sites (tertiary alicyclic amines) is 1. The summed E-state index contributed by atoms with van der Waals surface area (Å²) in [6, 6.07) is 11.3. The largest absolute Gasteiger partial charge is 0.494 e. The predicted octanol–water partition coefficient (Wildman–Crippen LogP) is 4.45. The molecule has 0 saturated carbocycles. The van der Waals surface area contributed by atoms with Gasteiger partial charge in [0, 0.05) is 12.1 Å². The molecule has 1 atom stereocenters. The molecule has 2 aromatic rings. The summed E-state index contributed by atoms with van der Waals surface area (Å²) in [5.41, 5.74) is 0.646. The molecule has 27 heavy (non-hydrogen) atoms. The number of furan rings is 1. The molecular formula is C21H29ClN2O3. The second-order valence-electron chi connectivity index (χ2n) is 6.71. The number of nitrogens with one attached hydrogen (secondary N) is 1. The smallest absolute Gasteiger partial charge is 0.251 e. The Balaban J connectivity index is 0.00000261. The van der Waals surface area contributed by atoms with Gasteiger partial charge < -0.3 is 14.5 Å². The van der Waals surface area contributed by atoms with Crippen molar-refractivity contribution in [1.82, 2.24) is 10.2 Å². The zero-order valence-corrected chi connectivity index (χ0v) is 16.7. The highest BCUT2D eigenvalue weighted by atomic mass is 35.5. The van der Waals surface area contributed by atoms with Gasteiger partial charge in [-0.2, -0.15) is 0 Å². The molecule has 1 aromatic heterocycles. The number of carbonyl (C=O) groups is 1. The van der Waals surface area contributed by atoms with Crippen molar-refractivity contribution in [3.05, 3.63) is 54.0 Å². The molecule has 0 radical (unpaired) electrons. The van der Waals surface area contributed by atoms with Crippen LogP contribution in [0.4, 0.5) is 0 Å². The Morgan fingerprint density at radius 2 is 1.96 bits per heavy atom. The van der Waals surface area contributed by atoms with Crippen LogP contribution in [-0.2, 0) is 0 Å². The Morgan fingerprint density at radius 3 is 2.59 bits per heavy atom. The van der Waals surface area contributed by atoms with Crippen molar-refractivity contribution in [2.75, 3.05) is 26.2 Å². The van der Waals surface area contributed by atoms with E-state index in [2.05, 4.69) is 17.1 Å². The summed E-state index contributed by atoms with van der Waals surface area (Å²) in [6.07, 6.45) is 6.23. The standard InChI is InChI=1S/C21H28N2O3.ClH/c1-2-3-14-25-18-10-8-17(9-11-18)21(24)22-16-19(20-7-6-15-26-20)23-12-4-5-13-23;/h6-11,15,19H,2-5,12-14,16H2,1H3,(H,22,24);1H. The number of rotatable bonds is 9. The summed E-state index contributed by atoms with van der Waals surface area (Å²) in [5.74, 6) is 1.65. The third kappa shape index (κ3) is 6.01. The van der Waals surface area contributed by atoms with E-state index in [-0.39, 0.29) is 24.4 Å². The number of hydrogen-bond acceptors (Lipinski definition) is 4. The summed E-state index contributed by atoms with van der Waals surface area (Å²) in [5, 5.41) is 3.05. The second-order valence-corrected chi connectivity index (χ2v) is 6.71. The van der Waals surface area contributed by atoms with Crippen LogP contribution in [0.3, 0.4) is 0 Å². The van der Waals surface area contributed by atoms with E-state index in [0.29, 0.717) is 18.7 Å². The number of unbranched alkanes of at least 4 members (excludes halogenated alkanes) is 1. The first-order valence-corrected chi connectivity index (χ1v) is 9.56. The molecule has 1 aliphatic rings. The van der Waals surface area contributed by atoms with Gasteiger partial charge in [0.2, 0.25) is 0 Å². The van der Waals surface area contributed by atoms with Crippen LogP contribution in [0.1, 0.15) is 54.8 Å². The number of halogens is 1. The molecule has 1 aromatic carbocycles. The number of hydrogen-bond donors (Lipinski definition) is 1. The molecule has 5 nitrogen and oxygen atoms in total. The Bertz CT molecular complexity index is 667. The Labute approximate surface area is 167 Å². The van der Waals surface area contributed by atoms with Gasteiger partial charge in [0.25, 0.3) is 5.91 Å². The van der Waals surface area contributed by atoms with E-state index in [4.69, 9.17) is 9.15 Å². The van der Waals surface area contributed by atoms with E-state index in [1.165, 1.54) is 12.8 Å². The highest BCUT2D eigenvalue weighted by molar-refractivity contribution is 5.94. The first kappa shape index (κ1) is 21.3. The molecular weight excluding hydrogens is 364 g/mol. The summed E-state index contributed by atoms with van der Waals surface area (Å²) >= 11 is 0. The molecule has 1 unspecified atom stereocenters. The number of carbonyl (C=O) groups excluding carboxylic acids is 1. The minimum absolute atomic E-state index is 0. The van der Waals surface area contributed by atoms with Crippen LogP contribution >= 0.6 is 12.4 Å². The van der Waals surface area contributed by atoms with E-state index >= 15 is 0 Å². The van der Waals surface area contributed by atoms with Crippen LogP contribution in [0.25, 0.3) is 0 Å². The molecule has 0 spiro atoms. The lowest BCUT2D eigenvalue weighted by Gasteiger charge is -2.26. The fraction of sp³-hybridized carbons (Fsp3) is 0.476. The fourth-order valence-corrected chi connectivity index (χ4v) is 3.27. The lowest BCUT2D eigenvalue weighted by molar-refractivity contribution is 0.0933. The quantitative estimate of drug-likeness (QED) is 0.640. The average Bonchev–Trinajstić information content (AvgIpc) is 3.37. The van der Waals surface area contributed by atoms with Crippen molar-refractivity contribution >= 4 is 18.3 Å². The summed E-state index contributed by atoms with van der Waals surface area (Å²) in [6.45, 7) is 5.48. The molecule has 3 rings (SSSR count). The number of amides is 1. The molecule has 2 heterocycles. The third-order valence-electron chi connectivity index (χ3n) is 4.79. The summed E-state index contributed by atoms with van der Waals surface area (Å²) in [4.78, 5) is 14.9. The van der Waals surface area contributed by atoms with E-state index in [0.717, 1.165) is 37.4 Å². The normalized spacial score (nSPS) is 15.1. The van der Waals surface area contributed by atoms with Crippen LogP contribution in [0.2, 0.25) is 0 Å². The van der Waals surface area contributed by atoms with Gasteiger partial charge in [-0.1, -0.05) is 13.3 Å². The van der Waals surface area contributed by atoms with Crippen molar-refractivity contribution in [1.29, 1.82) is 0 Å². The van der Waals surface area contributed by atoms with Crippen LogP contribution in [0, 0.1) is 0 Å². The molecule has 1 saturated heterocycles. The van der Waals surface area contributed by atoms with Crippen molar-refractivity contribution in [3.63, 3.8) is 0 Å². The Hall–Kier alpha value is -1.98. The van der Waals surface area contributed by atoms with Gasteiger partial charge in [-0.15, -0.1) is 12.4 Å². The van der Waals surface area contributed by atoms with E-state index in [9.17, 15) is 4.79 Å². The molecule has 0 bridgehead atoms. The van der Waals surface area contributed by atoms with Gasteiger partial charge in [0.15, 0.2) is 0 Å². The van der Waals surface area contributed by atoms with Gasteiger partial charge >= 0.3 is 0 Å². The fourth-order valence-electron chi connectivity index (χ4n) is 3.27. The van der Waals surface area contributed by atoms with E-state index in [1.54, 1.807) is 6.26 Å². The van der Waals surface area contributed by atoms with Gasteiger partial charge in [-0.25, -0.2) is 0 Å². The summed E-state index contributed by atoms with van der Waals surface area (Å²) in [7, 11) is 0. The zero-order chi connectivity index (χ0) is 18.2. The maximum absolute atomic E-state index is 12.5. The predicted molar refractivity (Wildman–Crippen MR) is 109 cm³/mol. The topological polar surface area (TPSA) is 54.7 Å². The number of benzene rings is 1. The first-order chi connectivity index (χ1) is 12.8. The van der Waals surface area contributed by atoms with Crippen LogP contribution < -0.4 is 10.1 Å². The van der Waals surface area contributed by atoms with Crippen molar-refractivity contribution in [2.45, 2.75) is 38.6 Å². The third-order valence-corrected chi connectivity index (χ3v) is 4.79. The van der Waals surface area contributed by atoms with Gasteiger partial charge in [0.05, 0.1) is 18.9 Å². The van der Waals surface area contributed by atoms with Crippen molar-refractivity contribution < 1.29 is 13.9 Å². The minimum Gasteiger partial charge on any atom is -0.494 e. The highest BCUT2D eigenvalue weighted by Gasteiger charge is 2.26. The molecule has 0 aliphatic carbocycles. The maximum atomic E-state index is 12.5. The SMILES string of the molecule is CCCCOc1ccc(C(=O)NCC(c2ccco2)N2CCCC2)cc1.Cl. The lowest BCUT2D eigenvalue weighted by Crippen LogP contribution is -2.36. The highest BCUT2D eigenvalue weighted by Crippen LogP contribution is 2.25. The molecule has 1 N–H and O–H groups in total. The van der Waals surface area contributed by atoms with Crippen molar-refractivity contribution in [3.8, 4) is 5.75 Å². The second kappa shape index (κ2) is 11.0. The van der Waals surface area contributed by atoms with Crippen LogP contribution in [0.5, 0.6) is 5.75 Å². The van der Waals surface area contributed by atoms with Crippen molar-refractivity contribution in [2.24, 2.45) is 0 Å². The van der Waals surface area contributed by atoms with Crippen LogP contribution in [0.15, 0.2) is 47.1 Å². The lowest BCUT2D eigenvalue weighted by atomic mass is 10.1.